The summed E-state index contributed by atoms with van der Waals surface area (Å²) >= 11 is 1.45. The number of carbonyl (C=O) groups is 2. The van der Waals surface area contributed by atoms with Crippen LogP contribution in [0.25, 0.3) is 0 Å². The number of hydrogen-bond donors (Lipinski definition) is 2. The van der Waals surface area contributed by atoms with E-state index in [1.165, 1.54) is 11.3 Å². The summed E-state index contributed by atoms with van der Waals surface area (Å²) in [7, 11) is 1.62. The molecular weight excluding hydrogens is 338 g/mol. The molecule has 3 rings (SSSR count). The van der Waals surface area contributed by atoms with Crippen LogP contribution in [0.4, 0.5) is 10.6 Å². The molecule has 0 aromatic carbocycles. The summed E-state index contributed by atoms with van der Waals surface area (Å²) in [6.07, 6.45) is 3.55. The van der Waals surface area contributed by atoms with E-state index in [4.69, 9.17) is 0 Å². The summed E-state index contributed by atoms with van der Waals surface area (Å²) in [5.41, 5.74) is 0. The van der Waals surface area contributed by atoms with E-state index in [1.54, 1.807) is 24.0 Å². The van der Waals surface area contributed by atoms with Crippen LogP contribution >= 0.6 is 11.3 Å². The van der Waals surface area contributed by atoms with Gasteiger partial charge in [0.25, 0.3) is 5.91 Å². The quantitative estimate of drug-likeness (QED) is 0.877. The van der Waals surface area contributed by atoms with Gasteiger partial charge < -0.3 is 10.2 Å². The zero-order valence-electron chi connectivity index (χ0n) is 14.7. The first-order valence-electron chi connectivity index (χ1n) is 8.44. The molecule has 1 fully saturated rings. The lowest BCUT2D eigenvalue weighted by Crippen LogP contribution is -2.34. The molecule has 1 aliphatic heterocycles. The fourth-order valence-electron chi connectivity index (χ4n) is 3.09. The van der Waals surface area contributed by atoms with Crippen molar-refractivity contribution in [1.29, 1.82) is 0 Å². The lowest BCUT2D eigenvalue weighted by atomic mass is 10.2. The van der Waals surface area contributed by atoms with E-state index in [0.717, 1.165) is 17.7 Å². The molecule has 1 saturated heterocycles. The lowest BCUT2D eigenvalue weighted by molar-refractivity contribution is 0.0967. The second kappa shape index (κ2) is 7.26. The number of nitrogens with one attached hydrogen (secondary N) is 2. The van der Waals surface area contributed by atoms with Crippen molar-refractivity contribution in [3.8, 4) is 0 Å². The van der Waals surface area contributed by atoms with E-state index in [2.05, 4.69) is 15.7 Å². The van der Waals surface area contributed by atoms with Gasteiger partial charge in [-0.25, -0.2) is 9.48 Å². The van der Waals surface area contributed by atoms with Crippen LogP contribution in [0.1, 0.15) is 53.3 Å². The van der Waals surface area contributed by atoms with Gasteiger partial charge in [-0.3, -0.25) is 10.1 Å². The molecule has 0 spiro atoms. The van der Waals surface area contributed by atoms with Crippen LogP contribution in [0.2, 0.25) is 0 Å². The average Bonchev–Trinajstić information content (AvgIpc) is 3.32. The first kappa shape index (κ1) is 17.5. The number of carbonyl (C=O) groups excluding carboxylic acids is 2. The fraction of sp³-hybridized carbons (Fsp3) is 0.471. The summed E-state index contributed by atoms with van der Waals surface area (Å²) in [6, 6.07) is 5.63. The highest BCUT2D eigenvalue weighted by Crippen LogP contribution is 2.36. The van der Waals surface area contributed by atoms with Crippen molar-refractivity contribution in [2.45, 2.75) is 38.8 Å². The maximum Gasteiger partial charge on any atom is 0.323 e. The predicted octanol–water partition coefficient (Wildman–Crippen LogP) is 3.25. The lowest BCUT2D eigenvalue weighted by Gasteiger charge is -2.24. The van der Waals surface area contributed by atoms with Crippen molar-refractivity contribution in [3.63, 3.8) is 0 Å². The van der Waals surface area contributed by atoms with Crippen LogP contribution in [0, 0.1) is 0 Å². The topological polar surface area (TPSA) is 79.3 Å². The maximum absolute atomic E-state index is 12.8. The molecule has 2 aromatic heterocycles. The predicted molar refractivity (Wildman–Crippen MR) is 98.0 cm³/mol. The van der Waals surface area contributed by atoms with Crippen molar-refractivity contribution in [3.05, 3.63) is 34.2 Å². The number of likely N-dealkylation sites (tertiary alicyclic amines) is 1. The van der Waals surface area contributed by atoms with Gasteiger partial charge in [0.2, 0.25) is 0 Å². The number of nitrogens with zero attached hydrogens (tertiary/aromatic N) is 3. The molecule has 7 nitrogen and oxygen atoms in total. The van der Waals surface area contributed by atoms with Crippen molar-refractivity contribution >= 4 is 29.1 Å². The van der Waals surface area contributed by atoms with Crippen molar-refractivity contribution in [2.75, 3.05) is 18.9 Å². The smallest absolute Gasteiger partial charge is 0.323 e. The van der Waals surface area contributed by atoms with Gasteiger partial charge in [-0.2, -0.15) is 5.10 Å². The second-order valence-electron chi connectivity index (χ2n) is 6.32. The molecule has 2 aromatic rings. The largest absolute Gasteiger partial charge is 0.354 e. The fourth-order valence-corrected chi connectivity index (χ4v) is 4.19. The van der Waals surface area contributed by atoms with Gasteiger partial charge in [-0.1, -0.05) is 0 Å². The Balaban J connectivity index is 1.74. The van der Waals surface area contributed by atoms with Gasteiger partial charge in [0.1, 0.15) is 5.82 Å². The van der Waals surface area contributed by atoms with Crippen molar-refractivity contribution in [2.24, 2.45) is 0 Å². The van der Waals surface area contributed by atoms with E-state index >= 15 is 0 Å². The highest BCUT2D eigenvalue weighted by Gasteiger charge is 2.32. The molecule has 25 heavy (non-hydrogen) atoms. The molecule has 0 bridgehead atoms. The number of urea groups is 1. The molecule has 134 valence electrons. The Kier molecular flexibility index (Phi) is 5.08. The van der Waals surface area contributed by atoms with Crippen molar-refractivity contribution in [1.82, 2.24) is 20.0 Å². The number of rotatable bonds is 4. The molecule has 3 heterocycles. The summed E-state index contributed by atoms with van der Waals surface area (Å²) in [5.74, 6) is 0.606. The minimum absolute atomic E-state index is 0.0128. The normalized spacial score (nSPS) is 17.1. The summed E-state index contributed by atoms with van der Waals surface area (Å²) in [6.45, 7) is 4.75. The van der Waals surface area contributed by atoms with Gasteiger partial charge in [-0.05, 0) is 38.8 Å². The zero-order chi connectivity index (χ0) is 18.0. The second-order valence-corrected chi connectivity index (χ2v) is 7.43. The molecule has 2 N–H and O–H groups in total. The van der Waals surface area contributed by atoms with Crippen LogP contribution in [0.15, 0.2) is 24.4 Å². The third-order valence-electron chi connectivity index (χ3n) is 4.31. The number of anilines is 1. The van der Waals surface area contributed by atoms with E-state index in [-0.39, 0.29) is 24.0 Å². The molecule has 8 heteroatoms. The minimum atomic E-state index is -0.125. The van der Waals surface area contributed by atoms with E-state index in [9.17, 15) is 9.59 Å². The van der Waals surface area contributed by atoms with E-state index in [1.807, 2.05) is 30.9 Å². The highest BCUT2D eigenvalue weighted by molar-refractivity contribution is 7.14. The Morgan fingerprint density at radius 3 is 2.84 bits per heavy atom. The maximum atomic E-state index is 12.8. The molecule has 1 aliphatic rings. The highest BCUT2D eigenvalue weighted by atomic mass is 32.1. The first-order valence-corrected chi connectivity index (χ1v) is 9.26. The Morgan fingerprint density at radius 2 is 2.12 bits per heavy atom. The number of amides is 3. The Bertz CT molecular complexity index is 767. The van der Waals surface area contributed by atoms with Crippen LogP contribution in [-0.2, 0) is 0 Å². The van der Waals surface area contributed by atoms with Gasteiger partial charge in [0, 0.05) is 30.6 Å². The Labute approximate surface area is 151 Å². The zero-order valence-corrected chi connectivity index (χ0v) is 15.5. The van der Waals surface area contributed by atoms with Crippen LogP contribution in [-0.4, -0.2) is 40.2 Å². The third kappa shape index (κ3) is 3.53. The first-order chi connectivity index (χ1) is 12.0. The third-order valence-corrected chi connectivity index (χ3v) is 5.50. The minimum Gasteiger partial charge on any atom is -0.354 e. The van der Waals surface area contributed by atoms with E-state index < -0.39 is 0 Å². The molecule has 0 saturated carbocycles. The van der Waals surface area contributed by atoms with E-state index in [0.29, 0.717) is 17.2 Å². The average molecular weight is 361 g/mol. The summed E-state index contributed by atoms with van der Waals surface area (Å²) in [5, 5.41) is 9.85. The van der Waals surface area contributed by atoms with Crippen LogP contribution in [0.3, 0.4) is 0 Å². The molecule has 0 aliphatic carbocycles. The number of aromatic nitrogens is 2. The summed E-state index contributed by atoms with van der Waals surface area (Å²) < 4.78 is 1.79. The van der Waals surface area contributed by atoms with Crippen molar-refractivity contribution < 1.29 is 9.59 Å². The van der Waals surface area contributed by atoms with Crippen LogP contribution in [0.5, 0.6) is 0 Å². The molecule has 0 unspecified atom stereocenters. The standard InChI is InChI=1S/C17H23N5O2S/c1-11(2)22-15(8-9-19-22)20-17(24)21-10-4-5-12(21)13-6-7-14(25-13)16(23)18-3/h6-9,11-12H,4-5,10H2,1-3H3,(H,18,23)(H,20,24)/t12-/m0/s1. The molecule has 0 radical (unpaired) electrons. The number of hydrogen-bond acceptors (Lipinski definition) is 4. The van der Waals surface area contributed by atoms with Gasteiger partial charge in [0.15, 0.2) is 0 Å². The Hall–Kier alpha value is -2.35. The van der Waals surface area contributed by atoms with Gasteiger partial charge in [-0.15, -0.1) is 11.3 Å². The SMILES string of the molecule is CNC(=O)c1ccc([C@@H]2CCCN2C(=O)Nc2ccnn2C(C)C)s1. The summed E-state index contributed by atoms with van der Waals surface area (Å²) in [4.78, 5) is 28.1. The Morgan fingerprint density at radius 1 is 1.32 bits per heavy atom. The molecular formula is C17H23N5O2S. The van der Waals surface area contributed by atoms with Gasteiger partial charge in [0.05, 0.1) is 17.1 Å². The van der Waals surface area contributed by atoms with Crippen LogP contribution < -0.4 is 10.6 Å². The molecule has 3 amide bonds. The van der Waals surface area contributed by atoms with Gasteiger partial charge >= 0.3 is 6.03 Å². The number of thiophene rings is 1. The molecule has 1 atom stereocenters. The monoisotopic (exact) mass is 361 g/mol.